The van der Waals surface area contributed by atoms with Gasteiger partial charge in [0.2, 0.25) is 0 Å². The van der Waals surface area contributed by atoms with E-state index in [9.17, 15) is 14.4 Å². The van der Waals surface area contributed by atoms with E-state index >= 15 is 0 Å². The van der Waals surface area contributed by atoms with Crippen molar-refractivity contribution in [2.45, 2.75) is 0 Å². The molecule has 0 saturated carbocycles. The van der Waals surface area contributed by atoms with Crippen LogP contribution in [0.2, 0.25) is 0 Å². The Morgan fingerprint density at radius 1 is 0.424 bits per heavy atom. The van der Waals surface area contributed by atoms with Gasteiger partial charge < -0.3 is 149 Å². The molecule has 0 unspecified atom stereocenters. The third kappa shape index (κ3) is 780. The Morgan fingerprint density at radius 2 is 0.515 bits per heavy atom. The van der Waals surface area contributed by atoms with Crippen LogP contribution in [0.25, 0.3) is 0 Å². The predicted molar refractivity (Wildman–Crippen MR) is 93.6 cm³/mol. The first kappa shape index (κ1) is 533. The SMILES string of the molecule is O.O.O.O.O.O.O.O.O.O.O.O.O.O.O.O.O.O.O.O.O.O.O=C([O-])OP(=O)([O-])[O-].[Na+].[Na+].[Na+]. The van der Waals surface area contributed by atoms with Gasteiger partial charge in [-0.05, 0) is 0 Å². The normalized spacial score (nSPS) is 2.61. The van der Waals surface area contributed by atoms with E-state index in [4.69, 9.17) is 9.90 Å². The van der Waals surface area contributed by atoms with E-state index in [0.29, 0.717) is 0 Å². The molecule has 0 aromatic rings. The summed E-state index contributed by atoms with van der Waals surface area (Å²) in [4.78, 5) is 27.7. The number of hydrogen-bond donors (Lipinski definition) is 0. The molecule has 0 bridgehead atoms. The van der Waals surface area contributed by atoms with Gasteiger partial charge in [-0.3, -0.25) is 0 Å². The first-order chi connectivity index (χ1) is 3.42. The Bertz CT molecular complexity index is 150. The molecule has 0 aliphatic heterocycles. The zero-order valence-corrected chi connectivity index (χ0v) is 24.3. The van der Waals surface area contributed by atoms with Crippen molar-refractivity contribution in [3.05, 3.63) is 0 Å². The average molecular weight is 604 g/mol. The van der Waals surface area contributed by atoms with Gasteiger partial charge in [-0.25, -0.2) is 0 Å². The Hall–Kier alpha value is 1.54. The van der Waals surface area contributed by atoms with Crippen molar-refractivity contribution >= 4 is 14.0 Å². The van der Waals surface area contributed by atoms with Crippen molar-refractivity contribution in [1.82, 2.24) is 0 Å². The molecule has 0 spiro atoms. The van der Waals surface area contributed by atoms with E-state index in [1.54, 1.807) is 0 Å². The van der Waals surface area contributed by atoms with Crippen LogP contribution in [-0.2, 0) is 9.09 Å². The van der Waals surface area contributed by atoms with Gasteiger partial charge in [0.15, 0.2) is 0 Å². The molecule has 0 aromatic carbocycles. The quantitative estimate of drug-likeness (QED) is 0.206. The van der Waals surface area contributed by atoms with Gasteiger partial charge in [-0.1, -0.05) is 0 Å². The van der Waals surface area contributed by atoms with Crippen LogP contribution in [-0.4, -0.2) is 127 Å². The van der Waals surface area contributed by atoms with Crippen LogP contribution in [0.3, 0.4) is 0 Å². The second kappa shape index (κ2) is 267. The van der Waals surface area contributed by atoms with Gasteiger partial charge in [-0.15, -0.1) is 0 Å². The molecule has 28 nitrogen and oxygen atoms in total. The van der Waals surface area contributed by atoms with Gasteiger partial charge in [0.25, 0.3) is 6.16 Å². The first-order valence-corrected chi connectivity index (χ1v) is 2.80. The molecule has 0 fully saturated rings. The van der Waals surface area contributed by atoms with Gasteiger partial charge in [0.1, 0.15) is 0 Å². The van der Waals surface area contributed by atoms with Crippen LogP contribution in [0.4, 0.5) is 4.79 Å². The molecular weight excluding hydrogens is 560 g/mol. The third-order valence-electron chi connectivity index (χ3n) is 0.186. The van der Waals surface area contributed by atoms with Crippen LogP contribution < -0.4 is 104 Å². The zero-order chi connectivity index (χ0) is 6.78. The number of rotatable bonds is 1. The van der Waals surface area contributed by atoms with Crippen LogP contribution in [0.15, 0.2) is 0 Å². The van der Waals surface area contributed by atoms with E-state index in [1.165, 1.54) is 0 Å². The smallest absolute Gasteiger partial charge is 0.795 e. The molecule has 0 aliphatic rings. The monoisotopic (exact) mass is 604 g/mol. The average Bonchev–Trinajstić information content (AvgIpc) is 1.21. The number of carboxylic acid groups (broad SMARTS) is 1. The van der Waals surface area contributed by atoms with E-state index < -0.39 is 14.0 Å². The van der Waals surface area contributed by atoms with Crippen molar-refractivity contribution < 1.29 is 238 Å². The largest absolute Gasteiger partial charge is 1.00 e. The van der Waals surface area contributed by atoms with Gasteiger partial charge in [0, 0.05) is 7.82 Å². The minimum absolute atomic E-state index is 0. The summed E-state index contributed by atoms with van der Waals surface area (Å²) < 4.78 is 12.0. The summed E-state index contributed by atoms with van der Waals surface area (Å²) in [6.45, 7) is 0. The van der Waals surface area contributed by atoms with Crippen LogP contribution in [0.1, 0.15) is 0 Å². The van der Waals surface area contributed by atoms with E-state index in [2.05, 4.69) is 4.52 Å². The van der Waals surface area contributed by atoms with Crippen molar-refractivity contribution in [2.24, 2.45) is 0 Å². The second-order valence-electron chi connectivity index (χ2n) is 0.789. The molecule has 0 heterocycles. The topological polar surface area (TPSA) is 806 Å². The summed E-state index contributed by atoms with van der Waals surface area (Å²) in [5.74, 6) is 0. The number of phosphoric acid groups is 1. The number of phosphoric ester groups is 1. The third-order valence-corrected chi connectivity index (χ3v) is 0.559. The van der Waals surface area contributed by atoms with Gasteiger partial charge >= 0.3 is 88.7 Å². The molecule has 32 heteroatoms. The standard InChI is InChI=1S/CH3O6P.3Na.22H2O/c2-1(3)7-8(4,5)6;;;;;;;;;;;;;;;;;;;;;;;;;/h(H,2,3)(H2,4,5,6);;;;22*1H2/q;3*+1;;;;;;;;;;;;;;;;;;;;;;/p-3. The predicted octanol–water partition coefficient (Wildman–Crippen LogP) is -30.0. The summed E-state index contributed by atoms with van der Waals surface area (Å²) >= 11 is 0. The van der Waals surface area contributed by atoms with E-state index in [0.717, 1.165) is 0 Å². The molecule has 33 heavy (non-hydrogen) atoms. The van der Waals surface area contributed by atoms with Crippen molar-refractivity contribution in [1.29, 1.82) is 0 Å². The fourth-order valence-electron chi connectivity index (χ4n) is 0.0913. The molecule has 44 N–H and O–H groups in total. The minimum Gasteiger partial charge on any atom is -0.795 e. The molecule has 0 saturated heterocycles. The summed E-state index contributed by atoms with van der Waals surface area (Å²) in [5.41, 5.74) is 0. The van der Waals surface area contributed by atoms with Crippen LogP contribution in [0.5, 0.6) is 0 Å². The summed E-state index contributed by atoms with van der Waals surface area (Å²) in [5, 5.41) is 9.11. The fraction of sp³-hybridized carbons (Fsp3) is 0. The van der Waals surface area contributed by atoms with E-state index in [1.807, 2.05) is 0 Å². The molecule has 0 radical (unpaired) electrons. The summed E-state index contributed by atoms with van der Waals surface area (Å²) in [7, 11) is -5.38. The number of carbonyl (C=O) groups excluding carboxylic acids is 1. The van der Waals surface area contributed by atoms with Crippen molar-refractivity contribution in [2.75, 3.05) is 0 Å². The number of hydrogen-bond acceptors (Lipinski definition) is 6. The van der Waals surface area contributed by atoms with Crippen molar-refractivity contribution in [3.63, 3.8) is 0 Å². The molecule has 0 rings (SSSR count). The summed E-state index contributed by atoms with van der Waals surface area (Å²) in [6, 6.07) is 0. The van der Waals surface area contributed by atoms with Gasteiger partial charge in [0.05, 0.1) is 0 Å². The maximum absolute atomic E-state index is 9.27. The fourth-order valence-corrected chi connectivity index (χ4v) is 0.274. The van der Waals surface area contributed by atoms with Crippen LogP contribution in [0, 0.1) is 0 Å². The second-order valence-corrected chi connectivity index (χ2v) is 1.87. The Morgan fingerprint density at radius 3 is 0.515 bits per heavy atom. The van der Waals surface area contributed by atoms with Crippen LogP contribution >= 0.6 is 7.82 Å². The molecule has 0 aliphatic carbocycles. The minimum atomic E-state index is -5.38. The molecule has 0 amide bonds. The Labute approximate surface area is 250 Å². The summed E-state index contributed by atoms with van der Waals surface area (Å²) in [6.07, 6.45) is -2.36. The molecule has 0 aromatic heterocycles. The van der Waals surface area contributed by atoms with Crippen molar-refractivity contribution in [3.8, 4) is 0 Å². The molecule has 0 atom stereocenters. The zero-order valence-electron chi connectivity index (χ0n) is 17.4. The Kier molecular flexibility index (Phi) is 4310. The molecular formula is CH44Na3O28P. The molecule has 224 valence electrons. The maximum atomic E-state index is 9.27. The maximum Gasteiger partial charge on any atom is 1.00 e. The van der Waals surface area contributed by atoms with Gasteiger partial charge in [-0.2, -0.15) is 0 Å². The number of carbonyl (C=O) groups is 1. The first-order valence-electron chi connectivity index (χ1n) is 1.34. The van der Waals surface area contributed by atoms with E-state index in [-0.39, 0.29) is 209 Å². The Balaban J connectivity index is -0.000000000817.